The van der Waals surface area contributed by atoms with Crippen LogP contribution in [-0.4, -0.2) is 55.1 Å². The van der Waals surface area contributed by atoms with E-state index in [1.54, 1.807) is 19.1 Å². The molecule has 0 aromatic heterocycles. The number of esters is 1. The maximum atomic E-state index is 12.6. The standard InChI is InChI=1S/C21H30N2O6S/c1-6-28-20(27)23-17(24)13-29-19(26)16(11-12-30-5)22-18(25)14-7-9-15(10-8-14)21(2,3)4/h7-10,16H,6,11-13H2,1-5H3,(H,22,25)(H,23,24,27). The molecule has 0 spiro atoms. The summed E-state index contributed by atoms with van der Waals surface area (Å²) >= 11 is 1.51. The average molecular weight is 439 g/mol. The molecule has 8 nitrogen and oxygen atoms in total. The van der Waals surface area contributed by atoms with E-state index in [1.807, 2.05) is 23.7 Å². The van der Waals surface area contributed by atoms with Gasteiger partial charge in [0.1, 0.15) is 6.04 Å². The number of alkyl carbamates (subject to hydrolysis) is 1. The van der Waals surface area contributed by atoms with Gasteiger partial charge in [0, 0.05) is 5.56 Å². The first kappa shape index (κ1) is 25.5. The number of imide groups is 1. The monoisotopic (exact) mass is 438 g/mol. The SMILES string of the molecule is CCOC(=O)NC(=O)COC(=O)C(CCSC)NC(=O)c1ccc(C(C)(C)C)cc1. The van der Waals surface area contributed by atoms with Gasteiger partial charge in [-0.15, -0.1) is 0 Å². The Kier molecular flexibility index (Phi) is 10.4. The van der Waals surface area contributed by atoms with Crippen molar-refractivity contribution in [2.75, 3.05) is 25.2 Å². The fraction of sp³-hybridized carbons (Fsp3) is 0.524. The lowest BCUT2D eigenvalue weighted by molar-refractivity contribution is -0.150. The molecule has 0 fully saturated rings. The highest BCUT2D eigenvalue weighted by Crippen LogP contribution is 2.22. The third-order valence-corrected chi connectivity index (χ3v) is 4.72. The molecule has 0 saturated heterocycles. The molecule has 0 radical (unpaired) electrons. The van der Waals surface area contributed by atoms with Crippen LogP contribution in [0, 0.1) is 0 Å². The molecule has 1 rings (SSSR count). The molecule has 0 bridgehead atoms. The van der Waals surface area contributed by atoms with Crippen LogP contribution in [0.25, 0.3) is 0 Å². The summed E-state index contributed by atoms with van der Waals surface area (Å²) in [4.78, 5) is 47.8. The number of benzene rings is 1. The lowest BCUT2D eigenvalue weighted by Gasteiger charge is -2.20. The van der Waals surface area contributed by atoms with Crippen molar-refractivity contribution in [3.63, 3.8) is 0 Å². The summed E-state index contributed by atoms with van der Waals surface area (Å²) in [6, 6.07) is 6.26. The van der Waals surface area contributed by atoms with Crippen molar-refractivity contribution in [1.82, 2.24) is 10.6 Å². The zero-order valence-electron chi connectivity index (χ0n) is 18.1. The molecule has 1 aromatic carbocycles. The van der Waals surface area contributed by atoms with Gasteiger partial charge in [0.05, 0.1) is 6.61 Å². The van der Waals surface area contributed by atoms with Crippen molar-refractivity contribution in [1.29, 1.82) is 0 Å². The van der Waals surface area contributed by atoms with Crippen LogP contribution in [0.1, 0.15) is 50.0 Å². The van der Waals surface area contributed by atoms with Crippen LogP contribution in [0.15, 0.2) is 24.3 Å². The Morgan fingerprint density at radius 3 is 2.23 bits per heavy atom. The summed E-state index contributed by atoms with van der Waals surface area (Å²) in [7, 11) is 0. The van der Waals surface area contributed by atoms with E-state index < -0.39 is 36.5 Å². The van der Waals surface area contributed by atoms with Gasteiger partial charge in [-0.1, -0.05) is 32.9 Å². The zero-order valence-corrected chi connectivity index (χ0v) is 18.9. The van der Waals surface area contributed by atoms with E-state index in [4.69, 9.17) is 4.74 Å². The maximum absolute atomic E-state index is 12.6. The van der Waals surface area contributed by atoms with Crippen molar-refractivity contribution in [2.45, 2.75) is 45.6 Å². The van der Waals surface area contributed by atoms with E-state index >= 15 is 0 Å². The highest BCUT2D eigenvalue weighted by atomic mass is 32.2. The first-order valence-corrected chi connectivity index (χ1v) is 11.0. The summed E-state index contributed by atoms with van der Waals surface area (Å²) in [6.45, 7) is 7.29. The quantitative estimate of drug-likeness (QED) is 0.570. The van der Waals surface area contributed by atoms with Crippen molar-refractivity contribution in [3.8, 4) is 0 Å². The number of rotatable bonds is 9. The zero-order chi connectivity index (χ0) is 22.7. The van der Waals surface area contributed by atoms with Gasteiger partial charge < -0.3 is 14.8 Å². The molecule has 0 heterocycles. The van der Waals surface area contributed by atoms with E-state index in [0.29, 0.717) is 17.7 Å². The minimum atomic E-state index is -0.914. The molecular formula is C21H30N2O6S. The fourth-order valence-corrected chi connectivity index (χ4v) is 2.87. The number of ether oxygens (including phenoxy) is 2. The van der Waals surface area contributed by atoms with Gasteiger partial charge in [-0.2, -0.15) is 11.8 Å². The first-order valence-electron chi connectivity index (χ1n) is 9.62. The molecule has 1 unspecified atom stereocenters. The van der Waals surface area contributed by atoms with Crippen LogP contribution in [0.2, 0.25) is 0 Å². The van der Waals surface area contributed by atoms with Gasteiger partial charge in [0.2, 0.25) is 0 Å². The third-order valence-electron chi connectivity index (χ3n) is 4.08. The average Bonchev–Trinajstić information content (AvgIpc) is 2.68. The molecule has 0 saturated carbocycles. The molecular weight excluding hydrogens is 408 g/mol. The molecule has 2 N–H and O–H groups in total. The first-order chi connectivity index (χ1) is 14.1. The summed E-state index contributed by atoms with van der Waals surface area (Å²) in [6.07, 6.45) is 1.30. The van der Waals surface area contributed by atoms with E-state index in [0.717, 1.165) is 5.56 Å². The number of hydrogen-bond acceptors (Lipinski definition) is 7. The molecule has 0 aliphatic heterocycles. The van der Waals surface area contributed by atoms with Gasteiger partial charge in [0.25, 0.3) is 11.8 Å². The summed E-state index contributed by atoms with van der Waals surface area (Å²) in [5, 5.41) is 4.59. The van der Waals surface area contributed by atoms with Gasteiger partial charge >= 0.3 is 12.1 Å². The van der Waals surface area contributed by atoms with Crippen LogP contribution in [-0.2, 0) is 24.5 Å². The predicted molar refractivity (Wildman–Crippen MR) is 116 cm³/mol. The van der Waals surface area contributed by atoms with E-state index in [2.05, 4.69) is 30.8 Å². The molecule has 166 valence electrons. The lowest BCUT2D eigenvalue weighted by atomic mass is 9.86. The number of hydrogen-bond donors (Lipinski definition) is 2. The molecule has 1 aromatic rings. The molecule has 9 heteroatoms. The Morgan fingerprint density at radius 1 is 1.07 bits per heavy atom. The Labute approximate surface area is 181 Å². The maximum Gasteiger partial charge on any atom is 0.413 e. The van der Waals surface area contributed by atoms with Crippen LogP contribution >= 0.6 is 11.8 Å². The van der Waals surface area contributed by atoms with Crippen molar-refractivity contribution in [2.24, 2.45) is 0 Å². The Bertz CT molecular complexity index is 743. The van der Waals surface area contributed by atoms with Crippen LogP contribution < -0.4 is 10.6 Å². The molecule has 1 atom stereocenters. The van der Waals surface area contributed by atoms with Gasteiger partial charge in [0.15, 0.2) is 6.61 Å². The fourth-order valence-electron chi connectivity index (χ4n) is 2.40. The molecule has 0 aliphatic carbocycles. The summed E-state index contributed by atoms with van der Waals surface area (Å²) in [5.41, 5.74) is 1.47. The molecule has 0 aliphatic rings. The number of nitrogens with one attached hydrogen (secondary N) is 2. The third kappa shape index (κ3) is 8.86. The van der Waals surface area contributed by atoms with Gasteiger partial charge in [-0.3, -0.25) is 14.9 Å². The Morgan fingerprint density at radius 2 is 1.70 bits per heavy atom. The minimum Gasteiger partial charge on any atom is -0.454 e. The molecule has 30 heavy (non-hydrogen) atoms. The minimum absolute atomic E-state index is 0.0379. The second-order valence-electron chi connectivity index (χ2n) is 7.51. The normalized spacial score (nSPS) is 11.9. The second-order valence-corrected chi connectivity index (χ2v) is 8.50. The highest BCUT2D eigenvalue weighted by molar-refractivity contribution is 7.98. The number of thioether (sulfide) groups is 1. The van der Waals surface area contributed by atoms with Crippen molar-refractivity contribution in [3.05, 3.63) is 35.4 Å². The molecule has 3 amide bonds. The second kappa shape index (κ2) is 12.2. The topological polar surface area (TPSA) is 111 Å². The highest BCUT2D eigenvalue weighted by Gasteiger charge is 2.24. The van der Waals surface area contributed by atoms with Crippen LogP contribution in [0.5, 0.6) is 0 Å². The number of carbonyl (C=O) groups is 4. The van der Waals surface area contributed by atoms with E-state index in [1.165, 1.54) is 11.8 Å². The van der Waals surface area contributed by atoms with Crippen molar-refractivity contribution >= 4 is 35.6 Å². The number of amides is 3. The van der Waals surface area contributed by atoms with E-state index in [-0.39, 0.29) is 12.0 Å². The smallest absolute Gasteiger partial charge is 0.413 e. The number of carbonyl (C=O) groups excluding carboxylic acids is 4. The summed E-state index contributed by atoms with van der Waals surface area (Å²) < 4.78 is 9.54. The Hall–Kier alpha value is -2.55. The van der Waals surface area contributed by atoms with Crippen LogP contribution in [0.4, 0.5) is 4.79 Å². The van der Waals surface area contributed by atoms with Gasteiger partial charge in [-0.25, -0.2) is 9.59 Å². The van der Waals surface area contributed by atoms with Crippen molar-refractivity contribution < 1.29 is 28.7 Å². The largest absolute Gasteiger partial charge is 0.454 e. The lowest BCUT2D eigenvalue weighted by Crippen LogP contribution is -2.43. The predicted octanol–water partition coefficient (Wildman–Crippen LogP) is 2.65. The van der Waals surface area contributed by atoms with Crippen LogP contribution in [0.3, 0.4) is 0 Å². The van der Waals surface area contributed by atoms with E-state index in [9.17, 15) is 19.2 Å². The Balaban J connectivity index is 2.71. The summed E-state index contributed by atoms with van der Waals surface area (Å²) in [5.74, 6) is -1.36. The van der Waals surface area contributed by atoms with Gasteiger partial charge in [-0.05, 0) is 48.5 Å².